The lowest BCUT2D eigenvalue weighted by atomic mass is 10.0. The zero-order chi connectivity index (χ0) is 14.7. The molecule has 4 nitrogen and oxygen atoms in total. The average molecular weight is 311 g/mol. The lowest BCUT2D eigenvalue weighted by Gasteiger charge is -2.14. The minimum absolute atomic E-state index is 0.0742. The molecule has 2 heterocycles. The van der Waals surface area contributed by atoms with Crippen molar-refractivity contribution in [3.8, 4) is 0 Å². The fraction of sp³-hybridized carbons (Fsp3) is 0.571. The van der Waals surface area contributed by atoms with Gasteiger partial charge in [0.15, 0.2) is 5.13 Å². The number of aromatic nitrogens is 2. The molecule has 0 aromatic carbocycles. The van der Waals surface area contributed by atoms with Gasteiger partial charge in [-0.15, -0.1) is 11.3 Å². The Morgan fingerprint density at radius 1 is 1.40 bits per heavy atom. The lowest BCUT2D eigenvalue weighted by Crippen LogP contribution is -2.16. The van der Waals surface area contributed by atoms with Gasteiger partial charge < -0.3 is 10.0 Å². The molecule has 1 N–H and O–H groups in total. The largest absolute Gasteiger partial charge is 0.391 e. The summed E-state index contributed by atoms with van der Waals surface area (Å²) in [6.45, 7) is 7.23. The van der Waals surface area contributed by atoms with Crippen LogP contribution >= 0.6 is 22.7 Å². The Bertz CT molecular complexity index is 565. The van der Waals surface area contributed by atoms with E-state index in [2.05, 4.69) is 23.7 Å². The third-order valence-corrected chi connectivity index (χ3v) is 5.58. The van der Waals surface area contributed by atoms with Crippen LogP contribution in [-0.4, -0.2) is 22.1 Å². The zero-order valence-electron chi connectivity index (χ0n) is 12.4. The van der Waals surface area contributed by atoms with Crippen molar-refractivity contribution in [3.63, 3.8) is 0 Å². The van der Waals surface area contributed by atoms with Gasteiger partial charge in [-0.2, -0.15) is 0 Å². The van der Waals surface area contributed by atoms with E-state index in [-0.39, 0.29) is 6.61 Å². The minimum Gasteiger partial charge on any atom is -0.391 e. The Hall–Kier alpha value is -0.980. The first-order chi connectivity index (χ1) is 9.56. The van der Waals surface area contributed by atoms with Gasteiger partial charge in [0.25, 0.3) is 0 Å². The molecular weight excluding hydrogens is 290 g/mol. The van der Waals surface area contributed by atoms with E-state index in [1.165, 1.54) is 4.88 Å². The van der Waals surface area contributed by atoms with Crippen molar-refractivity contribution in [2.45, 2.75) is 46.3 Å². The SMILES string of the molecule is CCC(C)c1nc(N(C)Cc2scnc2C)sc1CO. The van der Waals surface area contributed by atoms with Gasteiger partial charge in [0.2, 0.25) is 0 Å². The number of rotatable bonds is 6. The van der Waals surface area contributed by atoms with E-state index in [0.29, 0.717) is 5.92 Å². The second-order valence-electron chi connectivity index (χ2n) is 4.99. The van der Waals surface area contributed by atoms with E-state index in [1.54, 1.807) is 22.7 Å². The molecule has 20 heavy (non-hydrogen) atoms. The van der Waals surface area contributed by atoms with E-state index in [1.807, 2.05) is 19.5 Å². The highest BCUT2D eigenvalue weighted by molar-refractivity contribution is 7.15. The summed E-state index contributed by atoms with van der Waals surface area (Å²) in [5.41, 5.74) is 4.01. The predicted molar refractivity (Wildman–Crippen MR) is 85.7 cm³/mol. The van der Waals surface area contributed by atoms with Crippen LogP contribution in [0.4, 0.5) is 5.13 Å². The smallest absolute Gasteiger partial charge is 0.185 e. The third-order valence-electron chi connectivity index (χ3n) is 3.49. The number of nitrogens with zero attached hydrogens (tertiary/aromatic N) is 3. The topological polar surface area (TPSA) is 49.2 Å². The van der Waals surface area contributed by atoms with Gasteiger partial charge in [-0.1, -0.05) is 25.2 Å². The fourth-order valence-corrected chi connectivity index (χ4v) is 3.80. The van der Waals surface area contributed by atoms with Crippen molar-refractivity contribution in [1.82, 2.24) is 9.97 Å². The fourth-order valence-electron chi connectivity index (χ4n) is 1.97. The summed E-state index contributed by atoms with van der Waals surface area (Å²) in [5.74, 6) is 0.390. The van der Waals surface area contributed by atoms with Crippen molar-refractivity contribution >= 4 is 27.8 Å². The standard InChI is InChI=1S/C14H21N3OS2/c1-5-9(2)13-12(7-18)20-14(16-13)17(4)6-11-10(3)15-8-19-11/h8-9,18H,5-7H2,1-4H3. The molecule has 0 aliphatic carbocycles. The van der Waals surface area contributed by atoms with E-state index in [0.717, 1.165) is 34.4 Å². The van der Waals surface area contributed by atoms with Gasteiger partial charge in [0.1, 0.15) is 0 Å². The zero-order valence-corrected chi connectivity index (χ0v) is 14.0. The van der Waals surface area contributed by atoms with Crippen molar-refractivity contribution in [3.05, 3.63) is 26.7 Å². The van der Waals surface area contributed by atoms with Gasteiger partial charge >= 0.3 is 0 Å². The average Bonchev–Trinajstić information content (AvgIpc) is 3.04. The summed E-state index contributed by atoms with van der Waals surface area (Å²) in [6, 6.07) is 0. The Morgan fingerprint density at radius 2 is 2.15 bits per heavy atom. The van der Waals surface area contributed by atoms with E-state index in [9.17, 15) is 5.11 Å². The summed E-state index contributed by atoms with van der Waals surface area (Å²) in [4.78, 5) is 13.4. The molecule has 0 aliphatic rings. The minimum atomic E-state index is 0.0742. The van der Waals surface area contributed by atoms with Crippen LogP contribution in [0.2, 0.25) is 0 Å². The number of aliphatic hydroxyl groups is 1. The molecule has 0 fully saturated rings. The number of aryl methyl sites for hydroxylation is 1. The Labute approximate surface area is 128 Å². The van der Waals surface area contributed by atoms with Gasteiger partial charge in [0, 0.05) is 11.9 Å². The number of anilines is 1. The number of hydrogen-bond acceptors (Lipinski definition) is 6. The Kier molecular flexibility index (Phi) is 5.12. The van der Waals surface area contributed by atoms with Crippen molar-refractivity contribution in [1.29, 1.82) is 0 Å². The summed E-state index contributed by atoms with van der Waals surface area (Å²) in [6.07, 6.45) is 1.04. The molecule has 2 aromatic rings. The Morgan fingerprint density at radius 3 is 2.70 bits per heavy atom. The highest BCUT2D eigenvalue weighted by Gasteiger charge is 2.18. The first-order valence-corrected chi connectivity index (χ1v) is 8.47. The molecule has 2 aromatic heterocycles. The van der Waals surface area contributed by atoms with E-state index >= 15 is 0 Å². The van der Waals surface area contributed by atoms with Crippen LogP contribution in [0.1, 0.15) is 47.3 Å². The number of thiazole rings is 2. The normalized spacial score (nSPS) is 12.7. The van der Waals surface area contributed by atoms with Crippen LogP contribution in [0.5, 0.6) is 0 Å². The molecule has 1 unspecified atom stereocenters. The first-order valence-electron chi connectivity index (χ1n) is 6.77. The van der Waals surface area contributed by atoms with E-state index < -0.39 is 0 Å². The number of hydrogen-bond donors (Lipinski definition) is 1. The second kappa shape index (κ2) is 6.65. The highest BCUT2D eigenvalue weighted by atomic mass is 32.1. The van der Waals surface area contributed by atoms with Crippen LogP contribution in [0, 0.1) is 6.92 Å². The summed E-state index contributed by atoms with van der Waals surface area (Å²) >= 11 is 3.26. The van der Waals surface area contributed by atoms with E-state index in [4.69, 9.17) is 4.98 Å². The summed E-state index contributed by atoms with van der Waals surface area (Å²) in [5, 5.41) is 10.5. The van der Waals surface area contributed by atoms with Gasteiger partial charge in [0.05, 0.1) is 34.9 Å². The molecule has 2 rings (SSSR count). The molecule has 0 saturated heterocycles. The second-order valence-corrected chi connectivity index (χ2v) is 6.99. The van der Waals surface area contributed by atoms with Crippen molar-refractivity contribution in [2.75, 3.05) is 11.9 Å². The first kappa shape index (κ1) is 15.4. The van der Waals surface area contributed by atoms with Gasteiger partial charge in [-0.3, -0.25) is 0 Å². The van der Waals surface area contributed by atoms with Crippen molar-refractivity contribution in [2.24, 2.45) is 0 Å². The molecule has 0 bridgehead atoms. The maximum atomic E-state index is 9.50. The van der Waals surface area contributed by atoms with Gasteiger partial charge in [-0.05, 0) is 19.3 Å². The van der Waals surface area contributed by atoms with Crippen molar-refractivity contribution < 1.29 is 5.11 Å². The maximum Gasteiger partial charge on any atom is 0.185 e. The molecule has 0 amide bonds. The molecule has 0 saturated carbocycles. The van der Waals surface area contributed by atoms with Crippen LogP contribution in [-0.2, 0) is 13.2 Å². The molecule has 6 heteroatoms. The molecule has 0 spiro atoms. The number of aliphatic hydroxyl groups excluding tert-OH is 1. The summed E-state index contributed by atoms with van der Waals surface area (Å²) < 4.78 is 0. The molecular formula is C14H21N3OS2. The third kappa shape index (κ3) is 3.19. The maximum absolute atomic E-state index is 9.50. The van der Waals surface area contributed by atoms with Crippen LogP contribution in [0.3, 0.4) is 0 Å². The van der Waals surface area contributed by atoms with Crippen LogP contribution in [0.25, 0.3) is 0 Å². The molecule has 1 atom stereocenters. The van der Waals surface area contributed by atoms with Crippen LogP contribution in [0.15, 0.2) is 5.51 Å². The quantitative estimate of drug-likeness (QED) is 0.886. The predicted octanol–water partition coefficient (Wildman–Crippen LogP) is 3.55. The monoisotopic (exact) mass is 311 g/mol. The highest BCUT2D eigenvalue weighted by Crippen LogP contribution is 2.32. The van der Waals surface area contributed by atoms with Crippen LogP contribution < -0.4 is 4.90 Å². The van der Waals surface area contributed by atoms with Gasteiger partial charge in [-0.25, -0.2) is 9.97 Å². The molecule has 0 radical (unpaired) electrons. The lowest BCUT2D eigenvalue weighted by molar-refractivity contribution is 0.283. The molecule has 0 aliphatic heterocycles. The summed E-state index contributed by atoms with van der Waals surface area (Å²) in [7, 11) is 2.04. The Balaban J connectivity index is 2.20. The molecule has 110 valence electrons.